The van der Waals surface area contributed by atoms with Crippen molar-refractivity contribution in [2.75, 3.05) is 13.1 Å². The lowest BCUT2D eigenvalue weighted by Gasteiger charge is -2.34. The van der Waals surface area contributed by atoms with Gasteiger partial charge in [-0.3, -0.25) is 4.79 Å². The molecule has 0 aliphatic carbocycles. The van der Waals surface area contributed by atoms with Gasteiger partial charge in [-0.2, -0.15) is 0 Å². The second-order valence-corrected chi connectivity index (χ2v) is 8.07. The second-order valence-electron chi connectivity index (χ2n) is 8.07. The molecule has 0 spiro atoms. The van der Waals surface area contributed by atoms with E-state index in [0.29, 0.717) is 49.7 Å². The average molecular weight is 419 g/mol. The van der Waals surface area contributed by atoms with Gasteiger partial charge in [-0.05, 0) is 49.4 Å². The van der Waals surface area contributed by atoms with Gasteiger partial charge in [0.25, 0.3) is 0 Å². The van der Waals surface area contributed by atoms with E-state index in [9.17, 15) is 19.1 Å². The number of benzene rings is 1. The molecule has 0 bridgehead atoms. The van der Waals surface area contributed by atoms with E-state index in [-0.39, 0.29) is 23.6 Å². The van der Waals surface area contributed by atoms with E-state index in [1.54, 1.807) is 17.0 Å². The first-order valence-corrected chi connectivity index (χ1v) is 10.0. The van der Waals surface area contributed by atoms with Crippen LogP contribution in [0.1, 0.15) is 44.9 Å². The van der Waals surface area contributed by atoms with E-state index < -0.39 is 18.0 Å². The van der Waals surface area contributed by atoms with E-state index >= 15 is 0 Å². The number of carbonyl (C=O) groups is 2. The maximum Gasteiger partial charge on any atom is 0.333 e. The number of aliphatic carboxylic acids is 1. The fourth-order valence-corrected chi connectivity index (χ4v) is 3.73. The maximum atomic E-state index is 13.1. The minimum absolute atomic E-state index is 0.0244. The van der Waals surface area contributed by atoms with Gasteiger partial charge in [0.1, 0.15) is 5.82 Å². The first kappa shape index (κ1) is 21.9. The molecular formula is C21H26FN3O5. The molecule has 2 heterocycles. The molecule has 1 aromatic carbocycles. The van der Waals surface area contributed by atoms with E-state index in [1.807, 2.05) is 13.8 Å². The van der Waals surface area contributed by atoms with Gasteiger partial charge in [-0.1, -0.05) is 13.8 Å². The van der Waals surface area contributed by atoms with Gasteiger partial charge in [0.05, 0.1) is 5.92 Å². The van der Waals surface area contributed by atoms with Gasteiger partial charge >= 0.3 is 5.97 Å². The molecule has 2 N–H and O–H groups in total. The standard InChI is InChI=1S/C21H26FN3O5/c1-12(2)11-16(17(26)21(28)29)20(27)25-9-7-14(8-10-25)19-24-23-18(30-19)13-3-5-15(22)6-4-13/h3-6,12,14,16-17,26H,7-11H2,1-2H3,(H,28,29)/t16-,17-/m0/s1. The van der Waals surface area contributed by atoms with Crippen molar-refractivity contribution in [3.63, 3.8) is 0 Å². The largest absolute Gasteiger partial charge is 0.479 e. The summed E-state index contributed by atoms with van der Waals surface area (Å²) in [6.07, 6.45) is -0.230. The normalized spacial score (nSPS) is 17.2. The van der Waals surface area contributed by atoms with Crippen LogP contribution in [-0.4, -0.2) is 56.4 Å². The molecule has 0 unspecified atom stereocenters. The highest BCUT2D eigenvalue weighted by molar-refractivity contribution is 5.86. The molecule has 1 amide bonds. The first-order chi connectivity index (χ1) is 14.3. The molecule has 1 aromatic heterocycles. The molecule has 9 heteroatoms. The highest BCUT2D eigenvalue weighted by Gasteiger charge is 2.37. The van der Waals surface area contributed by atoms with Crippen molar-refractivity contribution in [2.24, 2.45) is 11.8 Å². The topological polar surface area (TPSA) is 117 Å². The monoisotopic (exact) mass is 419 g/mol. The lowest BCUT2D eigenvalue weighted by atomic mass is 9.89. The van der Waals surface area contributed by atoms with Crippen LogP contribution in [-0.2, 0) is 9.59 Å². The summed E-state index contributed by atoms with van der Waals surface area (Å²) in [7, 11) is 0. The average Bonchev–Trinajstić information content (AvgIpc) is 3.21. The minimum atomic E-state index is -1.72. The summed E-state index contributed by atoms with van der Waals surface area (Å²) in [5.41, 5.74) is 0.627. The molecule has 3 rings (SSSR count). The zero-order valence-corrected chi connectivity index (χ0v) is 17.0. The van der Waals surface area contributed by atoms with Crippen molar-refractivity contribution in [3.05, 3.63) is 36.0 Å². The molecule has 0 radical (unpaired) electrons. The second kappa shape index (κ2) is 9.34. The van der Waals surface area contributed by atoms with E-state index in [2.05, 4.69) is 10.2 Å². The van der Waals surface area contributed by atoms with Crippen LogP contribution in [0.15, 0.2) is 28.7 Å². The SMILES string of the molecule is CC(C)C[C@H](C(=O)N1CCC(c2nnc(-c3ccc(F)cc3)o2)CC1)[C@H](O)C(=O)O. The Morgan fingerprint density at radius 2 is 1.83 bits per heavy atom. The van der Waals surface area contributed by atoms with Crippen LogP contribution in [0.5, 0.6) is 0 Å². The Hall–Kier alpha value is -2.81. The molecular weight excluding hydrogens is 393 g/mol. The van der Waals surface area contributed by atoms with Crippen molar-refractivity contribution in [3.8, 4) is 11.5 Å². The molecule has 1 saturated heterocycles. The van der Waals surface area contributed by atoms with E-state index in [4.69, 9.17) is 9.52 Å². The Labute approximate surface area is 173 Å². The van der Waals surface area contributed by atoms with Gasteiger partial charge in [-0.25, -0.2) is 9.18 Å². The highest BCUT2D eigenvalue weighted by Crippen LogP contribution is 2.31. The lowest BCUT2D eigenvalue weighted by Crippen LogP contribution is -2.47. The van der Waals surface area contributed by atoms with Crippen LogP contribution < -0.4 is 0 Å². The van der Waals surface area contributed by atoms with Crippen LogP contribution in [0.4, 0.5) is 4.39 Å². The van der Waals surface area contributed by atoms with Crippen LogP contribution in [0.25, 0.3) is 11.5 Å². The number of hydrogen-bond donors (Lipinski definition) is 2. The number of carbonyl (C=O) groups excluding carboxylic acids is 1. The summed E-state index contributed by atoms with van der Waals surface area (Å²) in [4.78, 5) is 25.7. The number of amides is 1. The third kappa shape index (κ3) is 5.02. The summed E-state index contributed by atoms with van der Waals surface area (Å²) in [6, 6.07) is 5.78. The number of piperidine rings is 1. The van der Waals surface area contributed by atoms with E-state index in [0.717, 1.165) is 0 Å². The van der Waals surface area contributed by atoms with Crippen molar-refractivity contribution in [1.29, 1.82) is 0 Å². The number of hydrogen-bond acceptors (Lipinski definition) is 6. The van der Waals surface area contributed by atoms with Gasteiger partial charge in [0.2, 0.25) is 17.7 Å². The fraction of sp³-hybridized carbons (Fsp3) is 0.524. The summed E-state index contributed by atoms with van der Waals surface area (Å²) in [5.74, 6) is -2.21. The van der Waals surface area contributed by atoms with Crippen molar-refractivity contribution in [2.45, 2.75) is 45.1 Å². The Balaban J connectivity index is 1.63. The first-order valence-electron chi connectivity index (χ1n) is 10.0. The smallest absolute Gasteiger partial charge is 0.333 e. The van der Waals surface area contributed by atoms with Gasteiger partial charge < -0.3 is 19.5 Å². The number of aliphatic hydroxyl groups excluding tert-OH is 1. The number of aromatic nitrogens is 2. The molecule has 1 fully saturated rings. The summed E-state index contributed by atoms with van der Waals surface area (Å²) < 4.78 is 18.8. The van der Waals surface area contributed by atoms with Gasteiger partial charge in [0, 0.05) is 24.6 Å². The number of nitrogens with zero attached hydrogens (tertiary/aromatic N) is 3. The Bertz CT molecular complexity index is 875. The van der Waals surface area contributed by atoms with Crippen molar-refractivity contribution in [1.82, 2.24) is 15.1 Å². The van der Waals surface area contributed by atoms with Crippen molar-refractivity contribution >= 4 is 11.9 Å². The number of carboxylic acid groups (broad SMARTS) is 1. The van der Waals surface area contributed by atoms with Crippen LogP contribution in [0.3, 0.4) is 0 Å². The zero-order chi connectivity index (χ0) is 21.8. The highest BCUT2D eigenvalue weighted by atomic mass is 19.1. The third-order valence-electron chi connectivity index (χ3n) is 5.36. The lowest BCUT2D eigenvalue weighted by molar-refractivity contribution is -0.157. The molecule has 2 aromatic rings. The molecule has 0 saturated carbocycles. The number of aliphatic hydroxyl groups is 1. The molecule has 8 nitrogen and oxygen atoms in total. The van der Waals surface area contributed by atoms with Crippen LogP contribution in [0.2, 0.25) is 0 Å². The van der Waals surface area contributed by atoms with Crippen molar-refractivity contribution < 1.29 is 28.6 Å². The van der Waals surface area contributed by atoms with Gasteiger partial charge in [0.15, 0.2) is 6.10 Å². The molecule has 162 valence electrons. The zero-order valence-electron chi connectivity index (χ0n) is 17.0. The number of rotatable bonds is 7. The quantitative estimate of drug-likeness (QED) is 0.709. The number of halogens is 1. The Morgan fingerprint density at radius 1 is 1.20 bits per heavy atom. The van der Waals surface area contributed by atoms with Gasteiger partial charge in [-0.15, -0.1) is 10.2 Å². The molecule has 30 heavy (non-hydrogen) atoms. The summed E-state index contributed by atoms with van der Waals surface area (Å²) in [5, 5.41) is 27.3. The third-order valence-corrected chi connectivity index (χ3v) is 5.36. The maximum absolute atomic E-state index is 13.1. The summed E-state index contributed by atoms with van der Waals surface area (Å²) in [6.45, 7) is 4.60. The predicted octanol–water partition coefficient (Wildman–Crippen LogP) is 2.69. The van der Waals surface area contributed by atoms with E-state index in [1.165, 1.54) is 12.1 Å². The molecule has 1 aliphatic rings. The van der Waals surface area contributed by atoms with Crippen LogP contribution in [0, 0.1) is 17.7 Å². The summed E-state index contributed by atoms with van der Waals surface area (Å²) >= 11 is 0. The predicted molar refractivity (Wildman–Crippen MR) is 105 cm³/mol. The Morgan fingerprint density at radius 3 is 2.40 bits per heavy atom. The number of likely N-dealkylation sites (tertiary alicyclic amines) is 1. The Kier molecular flexibility index (Phi) is 6.81. The molecule has 1 aliphatic heterocycles. The fourth-order valence-electron chi connectivity index (χ4n) is 3.73. The molecule has 2 atom stereocenters. The minimum Gasteiger partial charge on any atom is -0.479 e. The number of carboxylic acids is 1. The van der Waals surface area contributed by atoms with Crippen LogP contribution >= 0.6 is 0 Å².